The number of carbonyl (C=O) groups excluding carboxylic acids is 3. The maximum atomic E-state index is 14.0. The number of hydrogen-bond donors (Lipinski definition) is 1. The minimum atomic E-state index is -1.12. The highest BCUT2D eigenvalue weighted by molar-refractivity contribution is 6.02. The highest BCUT2D eigenvalue weighted by Crippen LogP contribution is 2.30. The zero-order chi connectivity index (χ0) is 27.3. The SMILES string of the molecule is CCOC(=O)c1ccc(N(C(=O)Cn2nnc3ccccc32)C(C(=O)NC(C)(C)CC)c2ccco2)cc1. The van der Waals surface area contributed by atoms with Crippen molar-refractivity contribution in [1.82, 2.24) is 20.3 Å². The average molecular weight is 518 g/mol. The number of fused-ring (bicyclic) bond motifs is 1. The maximum Gasteiger partial charge on any atom is 0.338 e. The molecule has 4 rings (SSSR count). The fraction of sp³-hybridized carbons (Fsp3) is 0.321. The number of benzene rings is 2. The van der Waals surface area contributed by atoms with Crippen molar-refractivity contribution in [3.63, 3.8) is 0 Å². The predicted octanol–water partition coefficient (Wildman–Crippen LogP) is 4.28. The van der Waals surface area contributed by atoms with E-state index < -0.39 is 29.4 Å². The molecule has 10 heteroatoms. The van der Waals surface area contributed by atoms with Crippen LogP contribution >= 0.6 is 0 Å². The van der Waals surface area contributed by atoms with Gasteiger partial charge in [0.15, 0.2) is 6.04 Å². The Kier molecular flexibility index (Phi) is 7.90. The minimum absolute atomic E-state index is 0.179. The second-order valence-electron chi connectivity index (χ2n) is 9.41. The number of amides is 2. The van der Waals surface area contributed by atoms with Crippen molar-refractivity contribution in [2.75, 3.05) is 11.5 Å². The summed E-state index contributed by atoms with van der Waals surface area (Å²) < 4.78 is 12.2. The van der Waals surface area contributed by atoms with Crippen LogP contribution in [0.25, 0.3) is 11.0 Å². The van der Waals surface area contributed by atoms with Gasteiger partial charge in [0, 0.05) is 11.2 Å². The van der Waals surface area contributed by atoms with Crippen LogP contribution in [-0.2, 0) is 20.9 Å². The molecule has 0 saturated heterocycles. The molecule has 38 heavy (non-hydrogen) atoms. The molecule has 4 aromatic rings. The maximum absolute atomic E-state index is 14.0. The summed E-state index contributed by atoms with van der Waals surface area (Å²) in [6, 6.07) is 15.8. The molecule has 2 aromatic heterocycles. The number of hydrogen-bond acceptors (Lipinski definition) is 7. The first-order valence-electron chi connectivity index (χ1n) is 12.5. The lowest BCUT2D eigenvalue weighted by atomic mass is 10.0. The van der Waals surface area contributed by atoms with Crippen molar-refractivity contribution in [3.05, 3.63) is 78.3 Å². The lowest BCUT2D eigenvalue weighted by Gasteiger charge is -2.33. The van der Waals surface area contributed by atoms with Gasteiger partial charge in [-0.3, -0.25) is 14.5 Å². The molecule has 0 fully saturated rings. The van der Waals surface area contributed by atoms with E-state index in [1.165, 1.54) is 15.8 Å². The Labute approximate surface area is 220 Å². The number of furan rings is 1. The first-order chi connectivity index (χ1) is 18.2. The lowest BCUT2D eigenvalue weighted by molar-refractivity contribution is -0.128. The summed E-state index contributed by atoms with van der Waals surface area (Å²) in [5.41, 5.74) is 1.54. The summed E-state index contributed by atoms with van der Waals surface area (Å²) in [5, 5.41) is 11.3. The molecule has 198 valence electrons. The smallest absolute Gasteiger partial charge is 0.338 e. The van der Waals surface area contributed by atoms with Crippen LogP contribution in [0.5, 0.6) is 0 Å². The van der Waals surface area contributed by atoms with Crippen LogP contribution in [0.3, 0.4) is 0 Å². The molecule has 0 bridgehead atoms. The molecule has 0 radical (unpaired) electrons. The Hall–Kier alpha value is -4.47. The van der Waals surface area contributed by atoms with E-state index in [-0.39, 0.29) is 13.2 Å². The number of aromatic nitrogens is 3. The first-order valence-corrected chi connectivity index (χ1v) is 12.5. The van der Waals surface area contributed by atoms with Gasteiger partial charge in [-0.1, -0.05) is 24.3 Å². The first kappa shape index (κ1) is 26.6. The molecule has 2 amide bonds. The quantitative estimate of drug-likeness (QED) is 0.312. The molecule has 0 spiro atoms. The molecule has 1 atom stereocenters. The second-order valence-corrected chi connectivity index (χ2v) is 9.41. The number of rotatable bonds is 10. The lowest BCUT2D eigenvalue weighted by Crippen LogP contribution is -2.51. The second kappa shape index (κ2) is 11.3. The van der Waals surface area contributed by atoms with Crippen molar-refractivity contribution in [3.8, 4) is 0 Å². The zero-order valence-electron chi connectivity index (χ0n) is 21.9. The summed E-state index contributed by atoms with van der Waals surface area (Å²) in [4.78, 5) is 41.3. The van der Waals surface area contributed by atoms with Crippen molar-refractivity contribution in [2.24, 2.45) is 0 Å². The summed E-state index contributed by atoms with van der Waals surface area (Å²) >= 11 is 0. The van der Waals surface area contributed by atoms with Crippen LogP contribution < -0.4 is 10.2 Å². The molecule has 1 unspecified atom stereocenters. The number of para-hydroxylation sites is 1. The number of carbonyl (C=O) groups is 3. The molecule has 1 N–H and O–H groups in total. The van der Waals surface area contributed by atoms with E-state index in [1.807, 2.05) is 39.0 Å². The topological polar surface area (TPSA) is 120 Å². The van der Waals surface area contributed by atoms with Gasteiger partial charge in [-0.2, -0.15) is 0 Å². The Morgan fingerprint density at radius 1 is 1.05 bits per heavy atom. The third-order valence-electron chi connectivity index (χ3n) is 6.30. The highest BCUT2D eigenvalue weighted by atomic mass is 16.5. The average Bonchev–Trinajstić information content (AvgIpc) is 3.58. The zero-order valence-corrected chi connectivity index (χ0v) is 21.9. The minimum Gasteiger partial charge on any atom is -0.467 e. The highest BCUT2D eigenvalue weighted by Gasteiger charge is 2.37. The van der Waals surface area contributed by atoms with E-state index in [2.05, 4.69) is 15.6 Å². The third-order valence-corrected chi connectivity index (χ3v) is 6.30. The van der Waals surface area contributed by atoms with Gasteiger partial charge in [0.25, 0.3) is 5.91 Å². The molecule has 0 aliphatic rings. The number of esters is 1. The normalized spacial score (nSPS) is 12.2. The van der Waals surface area contributed by atoms with Crippen LogP contribution in [0.15, 0.2) is 71.3 Å². The summed E-state index contributed by atoms with van der Waals surface area (Å²) in [7, 11) is 0. The number of nitrogens with one attached hydrogen (secondary N) is 1. The fourth-order valence-electron chi connectivity index (χ4n) is 3.96. The van der Waals surface area contributed by atoms with Gasteiger partial charge in [0.05, 0.1) is 24.0 Å². The van der Waals surface area contributed by atoms with Crippen LogP contribution in [0, 0.1) is 0 Å². The van der Waals surface area contributed by atoms with Crippen molar-refractivity contribution in [2.45, 2.75) is 52.2 Å². The standard InChI is InChI=1S/C28H31N5O5/c1-5-28(3,4)29-26(35)25(23-12-9-17-38-23)33(20-15-13-19(14-16-20)27(36)37-6-2)24(34)18-32-22-11-8-7-10-21(22)30-31-32/h7-17,25H,5-6,18H2,1-4H3,(H,29,35). The number of anilines is 1. The number of ether oxygens (including phenoxy) is 1. The van der Waals surface area contributed by atoms with Crippen molar-refractivity contribution >= 4 is 34.5 Å². The van der Waals surface area contributed by atoms with E-state index in [1.54, 1.807) is 49.4 Å². The van der Waals surface area contributed by atoms with E-state index in [9.17, 15) is 14.4 Å². The van der Waals surface area contributed by atoms with Gasteiger partial charge in [-0.05, 0) is 75.7 Å². The molecule has 2 aromatic carbocycles. The number of nitrogens with zero attached hydrogens (tertiary/aromatic N) is 4. The monoisotopic (exact) mass is 517 g/mol. The van der Waals surface area contributed by atoms with Crippen LogP contribution in [0.2, 0.25) is 0 Å². The molecule has 10 nitrogen and oxygen atoms in total. The van der Waals surface area contributed by atoms with Crippen molar-refractivity contribution in [1.29, 1.82) is 0 Å². The Bertz CT molecular complexity index is 1410. The largest absolute Gasteiger partial charge is 0.467 e. The third kappa shape index (κ3) is 5.74. The van der Waals surface area contributed by atoms with Gasteiger partial charge in [0.1, 0.15) is 17.8 Å². The molecule has 0 aliphatic heterocycles. The molecule has 0 aliphatic carbocycles. The predicted molar refractivity (Wildman–Crippen MR) is 141 cm³/mol. The molecule has 2 heterocycles. The van der Waals surface area contributed by atoms with Crippen LogP contribution in [0.1, 0.15) is 56.3 Å². The molecular formula is C28H31N5O5. The van der Waals surface area contributed by atoms with Gasteiger partial charge in [-0.15, -0.1) is 5.10 Å². The van der Waals surface area contributed by atoms with E-state index >= 15 is 0 Å². The Balaban J connectivity index is 1.77. The molecule has 0 saturated carbocycles. The van der Waals surface area contributed by atoms with E-state index in [0.717, 1.165) is 0 Å². The van der Waals surface area contributed by atoms with Gasteiger partial charge in [-0.25, -0.2) is 9.48 Å². The van der Waals surface area contributed by atoms with Gasteiger partial charge < -0.3 is 14.5 Å². The summed E-state index contributed by atoms with van der Waals surface area (Å²) in [6.07, 6.45) is 2.13. The van der Waals surface area contributed by atoms with Gasteiger partial charge >= 0.3 is 5.97 Å². The summed E-state index contributed by atoms with van der Waals surface area (Å²) in [5.74, 6) is -1.01. The fourth-order valence-corrected chi connectivity index (χ4v) is 3.96. The summed E-state index contributed by atoms with van der Waals surface area (Å²) in [6.45, 7) is 7.57. The Morgan fingerprint density at radius 2 is 1.79 bits per heavy atom. The van der Waals surface area contributed by atoms with Gasteiger partial charge in [0.2, 0.25) is 5.91 Å². The van der Waals surface area contributed by atoms with Crippen molar-refractivity contribution < 1.29 is 23.5 Å². The van der Waals surface area contributed by atoms with E-state index in [4.69, 9.17) is 9.15 Å². The molecular weight excluding hydrogens is 486 g/mol. The van der Waals surface area contributed by atoms with Crippen LogP contribution in [0.4, 0.5) is 5.69 Å². The van der Waals surface area contributed by atoms with E-state index in [0.29, 0.717) is 34.5 Å². The van der Waals surface area contributed by atoms with Crippen LogP contribution in [-0.4, -0.2) is 44.9 Å². The Morgan fingerprint density at radius 3 is 2.45 bits per heavy atom.